The Morgan fingerprint density at radius 1 is 0.455 bits per heavy atom. The Kier molecular flexibility index (Phi) is 15.3. The van der Waals surface area contributed by atoms with Crippen molar-refractivity contribution in [2.45, 2.75) is 65.7 Å². The SMILES string of the molecule is CC1=[C]([Hf+]([C]2=C(c3ccccc3)C=CC2)[SiH](C)C)CC=C1.CC1=[C]([Hf+]([C]2=C(c3ccccc3)C=CC2)[SiH](C)C)CC=C1.[Cl-].[Cl-]. The number of rotatable bonds is 8. The maximum Gasteiger partial charge on any atom is -1.00 e. The number of halogens is 2. The molecule has 4 aliphatic carbocycles. The van der Waals surface area contributed by atoms with E-state index in [0.717, 1.165) is 0 Å². The molecule has 0 spiro atoms. The summed E-state index contributed by atoms with van der Waals surface area (Å²) in [4.78, 5) is 0. The van der Waals surface area contributed by atoms with Crippen LogP contribution in [0.15, 0.2) is 134 Å². The third-order valence-corrected chi connectivity index (χ3v) is 64.5. The zero-order valence-corrected chi connectivity index (χ0v) is 38.1. The van der Waals surface area contributed by atoms with Gasteiger partial charge < -0.3 is 24.8 Å². The molecule has 0 atom stereocenters. The topological polar surface area (TPSA) is 0 Å². The molecule has 0 bridgehead atoms. The van der Waals surface area contributed by atoms with Gasteiger partial charge in [0.25, 0.3) is 0 Å². The predicted molar refractivity (Wildman–Crippen MR) is 185 cm³/mol. The van der Waals surface area contributed by atoms with Crippen molar-refractivity contribution >= 4 is 23.1 Å². The van der Waals surface area contributed by atoms with Gasteiger partial charge >= 0.3 is 275 Å². The minimum atomic E-state index is -1.80. The van der Waals surface area contributed by atoms with Gasteiger partial charge in [-0.25, -0.2) is 0 Å². The summed E-state index contributed by atoms with van der Waals surface area (Å²) in [6.07, 6.45) is 24.1. The number of hydrogen-bond acceptors (Lipinski definition) is 0. The predicted octanol–water partition coefficient (Wildman–Crippen LogP) is 4.39. The van der Waals surface area contributed by atoms with Crippen molar-refractivity contribution in [3.63, 3.8) is 0 Å². The maximum absolute atomic E-state index is 2.59. The summed E-state index contributed by atoms with van der Waals surface area (Å²) in [6, 6.07) is 22.1. The van der Waals surface area contributed by atoms with Gasteiger partial charge in [-0.05, 0) is 0 Å². The summed E-state index contributed by atoms with van der Waals surface area (Å²) in [5.41, 5.74) is 9.22. The minimum Gasteiger partial charge on any atom is -1.00 e. The van der Waals surface area contributed by atoms with E-state index < -0.39 is 53.2 Å². The average molecular weight is 987 g/mol. The van der Waals surface area contributed by atoms with Crippen LogP contribution < -0.4 is 24.8 Å². The number of allylic oxidation sites excluding steroid dienone is 16. The molecule has 228 valence electrons. The fourth-order valence-electron chi connectivity index (χ4n) is 6.93. The van der Waals surface area contributed by atoms with E-state index in [-0.39, 0.29) is 24.8 Å². The number of hydrogen-bond donors (Lipinski definition) is 0. The summed E-state index contributed by atoms with van der Waals surface area (Å²) in [7, 11) is 0. The van der Waals surface area contributed by atoms with E-state index in [1.807, 2.05) is 13.3 Å². The molecular weight excluding hydrogens is 940 g/mol. The van der Waals surface area contributed by atoms with Gasteiger partial charge in [0.15, 0.2) is 0 Å². The second-order valence-corrected chi connectivity index (χ2v) is 66.0. The van der Waals surface area contributed by atoms with Gasteiger partial charge in [0, 0.05) is 0 Å². The summed E-state index contributed by atoms with van der Waals surface area (Å²) < 4.78 is 7.56. The van der Waals surface area contributed by atoms with Crippen molar-refractivity contribution in [1.82, 2.24) is 0 Å². The molecule has 0 aromatic heterocycles. The molecule has 0 unspecified atom stereocenters. The molecule has 0 heterocycles. The molecule has 0 saturated heterocycles. The second-order valence-electron chi connectivity index (χ2n) is 12.4. The van der Waals surface area contributed by atoms with Crippen LogP contribution in [0.25, 0.3) is 11.1 Å². The molecule has 0 nitrogen and oxygen atoms in total. The van der Waals surface area contributed by atoms with Crippen LogP contribution in [-0.4, -0.2) is 12.0 Å². The summed E-state index contributed by atoms with van der Waals surface area (Å²) in [6.45, 7) is 15.0. The van der Waals surface area contributed by atoms with Gasteiger partial charge in [-0.2, -0.15) is 0 Å². The molecule has 0 N–H and O–H groups in total. The van der Waals surface area contributed by atoms with Crippen molar-refractivity contribution in [2.24, 2.45) is 0 Å². The first-order chi connectivity index (χ1) is 20.4. The molecule has 0 saturated carbocycles. The van der Waals surface area contributed by atoms with E-state index in [9.17, 15) is 0 Å². The van der Waals surface area contributed by atoms with Gasteiger partial charge in [-0.1, -0.05) is 0 Å². The third-order valence-electron chi connectivity index (χ3n) is 8.82. The first kappa shape index (κ1) is 37.6. The standard InChI is InChI=1S/2C11H9.2C6H7.2C2H7Si.2ClH.2Hf/c2*1-2-6-10(7-3-1)11-8-4-5-9-11;2*1-6-4-2-3-5-6;2*1-3-2;;;;/h2*1-4,6-8H,5H2;2*2,4H,3H2,1H3;2*3H,1-2H3;2*1H;;/q;;;;;;;;2*+1/p-2. The molecule has 2 aromatic carbocycles. The molecule has 2 aromatic rings. The van der Waals surface area contributed by atoms with Gasteiger partial charge in [0.1, 0.15) is 0 Å². The van der Waals surface area contributed by atoms with Gasteiger partial charge in [-0.3, -0.25) is 0 Å². The smallest absolute Gasteiger partial charge is 1.00 e. The fourth-order valence-corrected chi connectivity index (χ4v) is 64.7. The Morgan fingerprint density at radius 2 is 0.773 bits per heavy atom. The second kappa shape index (κ2) is 17.9. The van der Waals surface area contributed by atoms with E-state index in [2.05, 4.69) is 149 Å². The molecule has 0 radical (unpaired) electrons. The summed E-state index contributed by atoms with van der Waals surface area (Å²) in [5, 5.41) is 0. The van der Waals surface area contributed by atoms with E-state index in [1.165, 1.54) is 36.8 Å². The average Bonchev–Trinajstić information content (AvgIpc) is 3.81. The largest absolute Gasteiger partial charge is 1.00 e. The molecule has 0 fully saturated rings. The quantitative estimate of drug-likeness (QED) is 0.345. The van der Waals surface area contributed by atoms with E-state index >= 15 is 0 Å². The van der Waals surface area contributed by atoms with Gasteiger partial charge in [0.05, 0.1) is 0 Å². The van der Waals surface area contributed by atoms with Crippen molar-refractivity contribution in [3.8, 4) is 0 Å². The summed E-state index contributed by atoms with van der Waals surface area (Å²) >= 11 is -3.60. The van der Waals surface area contributed by atoms with Crippen LogP contribution >= 0.6 is 0 Å². The van der Waals surface area contributed by atoms with E-state index in [1.54, 1.807) is 22.3 Å². The van der Waals surface area contributed by atoms with E-state index in [4.69, 9.17) is 0 Å². The van der Waals surface area contributed by atoms with Crippen LogP contribution in [-0.2, 0) is 41.2 Å². The molecule has 4 aliphatic rings. The molecule has 0 aliphatic heterocycles. The zero-order valence-electron chi connectivity index (χ0n) is 27.1. The van der Waals surface area contributed by atoms with Crippen LogP contribution in [0.4, 0.5) is 0 Å². The van der Waals surface area contributed by atoms with Gasteiger partial charge in [-0.15, -0.1) is 0 Å². The van der Waals surface area contributed by atoms with Crippen LogP contribution in [0, 0.1) is 0 Å². The Balaban J connectivity index is 0.000000230. The zero-order chi connectivity index (χ0) is 29.6. The molecule has 6 heteroatoms. The minimum absolute atomic E-state index is 0. The summed E-state index contributed by atoms with van der Waals surface area (Å²) in [5.74, 6) is -1.15. The van der Waals surface area contributed by atoms with E-state index in [0.29, 0.717) is 0 Å². The first-order valence-corrected chi connectivity index (χ1v) is 41.1. The van der Waals surface area contributed by atoms with Crippen molar-refractivity contribution in [3.05, 3.63) is 145 Å². The van der Waals surface area contributed by atoms with Gasteiger partial charge in [0.2, 0.25) is 0 Å². The Morgan fingerprint density at radius 3 is 1.07 bits per heavy atom. The van der Waals surface area contributed by atoms with Crippen molar-refractivity contribution < 1.29 is 66.0 Å². The van der Waals surface area contributed by atoms with Crippen LogP contribution in [0.1, 0.15) is 50.7 Å². The maximum atomic E-state index is 2.59. The Hall–Kier alpha value is -0.886. The molecule has 0 amide bonds. The van der Waals surface area contributed by atoms with Crippen LogP contribution in [0.2, 0.25) is 26.2 Å². The van der Waals surface area contributed by atoms with Crippen LogP contribution in [0.3, 0.4) is 0 Å². The van der Waals surface area contributed by atoms with Crippen molar-refractivity contribution in [1.29, 1.82) is 0 Å². The fraction of sp³-hybridized carbons (Fsp3) is 0.263. The Bertz CT molecular complexity index is 1420. The molecular formula is C38H46Cl2Hf2Si2. The number of benzene rings is 2. The first-order valence-electron chi connectivity index (χ1n) is 15.7. The van der Waals surface area contributed by atoms with Crippen molar-refractivity contribution in [2.75, 3.05) is 0 Å². The monoisotopic (exact) mass is 988 g/mol. The Labute approximate surface area is 296 Å². The molecule has 6 rings (SSSR count). The molecule has 44 heavy (non-hydrogen) atoms. The normalized spacial score (nSPS) is 16.7. The van der Waals surface area contributed by atoms with Crippen LogP contribution in [0.5, 0.6) is 0 Å². The third kappa shape index (κ3) is 8.72.